The number of hydrogen-bond acceptors (Lipinski definition) is 6. The minimum Gasteiger partial charge on any atom is -0.445 e. The zero-order chi connectivity index (χ0) is 25.1. The van der Waals surface area contributed by atoms with Crippen LogP contribution >= 0.6 is 0 Å². The number of ether oxygens (including phenoxy) is 1. The number of para-hydroxylation sites is 1. The van der Waals surface area contributed by atoms with Crippen molar-refractivity contribution in [2.75, 3.05) is 18.4 Å². The van der Waals surface area contributed by atoms with Crippen molar-refractivity contribution >= 4 is 23.5 Å². The van der Waals surface area contributed by atoms with Gasteiger partial charge < -0.3 is 20.7 Å². The Hall–Kier alpha value is -4.32. The summed E-state index contributed by atoms with van der Waals surface area (Å²) in [7, 11) is 0. The summed E-state index contributed by atoms with van der Waals surface area (Å²) in [5.41, 5.74) is 8.45. The fourth-order valence-corrected chi connectivity index (χ4v) is 5.11. The molecule has 0 spiro atoms. The number of nitrogens with zero attached hydrogens (tertiary/aromatic N) is 4. The van der Waals surface area contributed by atoms with Crippen LogP contribution < -0.4 is 11.1 Å². The molecule has 2 heterocycles. The van der Waals surface area contributed by atoms with Gasteiger partial charge in [0.15, 0.2) is 5.82 Å². The summed E-state index contributed by atoms with van der Waals surface area (Å²) in [6.45, 7) is 0.848. The van der Waals surface area contributed by atoms with Crippen LogP contribution in [0.2, 0.25) is 0 Å². The van der Waals surface area contributed by atoms with E-state index in [1.807, 2.05) is 42.5 Å². The predicted molar refractivity (Wildman–Crippen MR) is 134 cm³/mol. The number of hydrogen-bond donors (Lipinski definition) is 2. The lowest BCUT2D eigenvalue weighted by molar-refractivity contribution is 0.0424. The number of anilines is 2. The molecule has 1 saturated heterocycles. The van der Waals surface area contributed by atoms with E-state index in [1.54, 1.807) is 15.8 Å². The number of rotatable bonds is 6. The monoisotopic (exact) mass is 484 g/mol. The second-order valence-electron chi connectivity index (χ2n) is 9.42. The summed E-state index contributed by atoms with van der Waals surface area (Å²) in [5.74, 6) is -0.265. The molecule has 9 nitrogen and oxygen atoms in total. The summed E-state index contributed by atoms with van der Waals surface area (Å²) in [5, 5.41) is 17.4. The maximum Gasteiger partial charge on any atom is 0.410 e. The Balaban J connectivity index is 1.29. The highest BCUT2D eigenvalue weighted by atomic mass is 16.6. The van der Waals surface area contributed by atoms with E-state index in [1.165, 1.54) is 11.1 Å². The Labute approximate surface area is 209 Å². The molecule has 5 rings (SSSR count). The first-order valence-electron chi connectivity index (χ1n) is 12.1. The highest BCUT2D eigenvalue weighted by molar-refractivity contribution is 5.98. The van der Waals surface area contributed by atoms with E-state index in [0.717, 1.165) is 18.5 Å². The van der Waals surface area contributed by atoms with Crippen LogP contribution in [-0.2, 0) is 23.1 Å². The zero-order valence-electron chi connectivity index (χ0n) is 19.9. The van der Waals surface area contributed by atoms with Crippen molar-refractivity contribution in [1.82, 2.24) is 14.7 Å². The minimum absolute atomic E-state index is 0.156. The Kier molecular flexibility index (Phi) is 6.34. The number of primary amides is 1. The highest BCUT2D eigenvalue weighted by Crippen LogP contribution is 2.35. The van der Waals surface area contributed by atoms with E-state index in [0.29, 0.717) is 31.7 Å². The minimum atomic E-state index is -0.657. The second kappa shape index (κ2) is 9.74. The average molecular weight is 485 g/mol. The molecule has 184 valence electrons. The van der Waals surface area contributed by atoms with Crippen LogP contribution in [0.1, 0.15) is 40.7 Å². The molecule has 3 N–H and O–H groups in total. The molecule has 0 atom stereocenters. The summed E-state index contributed by atoms with van der Waals surface area (Å²) in [4.78, 5) is 26.8. The molecule has 3 aromatic rings. The summed E-state index contributed by atoms with van der Waals surface area (Å²) in [6.07, 6.45) is 3.78. The number of piperidine rings is 1. The number of carbonyl (C=O) groups is 2. The van der Waals surface area contributed by atoms with Crippen LogP contribution in [0.15, 0.2) is 60.8 Å². The zero-order valence-corrected chi connectivity index (χ0v) is 19.9. The predicted octanol–water partition coefficient (Wildman–Crippen LogP) is 3.73. The van der Waals surface area contributed by atoms with Gasteiger partial charge in [-0.3, -0.25) is 9.48 Å². The van der Waals surface area contributed by atoms with Gasteiger partial charge in [-0.1, -0.05) is 42.5 Å². The maximum absolute atomic E-state index is 12.9. The largest absolute Gasteiger partial charge is 0.445 e. The third-order valence-electron chi connectivity index (χ3n) is 7.14. The van der Waals surface area contributed by atoms with Crippen LogP contribution in [0.4, 0.5) is 16.3 Å². The van der Waals surface area contributed by atoms with Gasteiger partial charge >= 0.3 is 6.09 Å². The first-order chi connectivity index (χ1) is 17.5. The van der Waals surface area contributed by atoms with Gasteiger partial charge in [0.05, 0.1) is 18.0 Å². The van der Waals surface area contributed by atoms with Gasteiger partial charge in [0.2, 0.25) is 0 Å². The number of likely N-dealkylation sites (tertiary alicyclic amines) is 1. The van der Waals surface area contributed by atoms with Gasteiger partial charge in [-0.05, 0) is 36.1 Å². The third kappa shape index (κ3) is 4.62. The number of nitrogens with two attached hydrogens (primary N) is 1. The van der Waals surface area contributed by atoms with Gasteiger partial charge in [0, 0.05) is 37.8 Å². The number of nitriles is 1. The van der Waals surface area contributed by atoms with Crippen molar-refractivity contribution in [3.8, 4) is 6.07 Å². The Bertz CT molecular complexity index is 1280. The lowest BCUT2D eigenvalue weighted by atomic mass is 9.85. The highest BCUT2D eigenvalue weighted by Gasteiger charge is 2.40. The van der Waals surface area contributed by atoms with Crippen LogP contribution in [0.5, 0.6) is 0 Å². The molecule has 0 radical (unpaired) electrons. The second-order valence-corrected chi connectivity index (χ2v) is 9.42. The average Bonchev–Trinajstić information content (AvgIpc) is 3.49. The van der Waals surface area contributed by atoms with E-state index in [2.05, 4.69) is 28.6 Å². The lowest BCUT2D eigenvalue weighted by Crippen LogP contribution is -2.49. The molecule has 0 saturated carbocycles. The van der Waals surface area contributed by atoms with Crippen LogP contribution in [-0.4, -0.2) is 45.9 Å². The van der Waals surface area contributed by atoms with Gasteiger partial charge in [-0.15, -0.1) is 0 Å². The van der Waals surface area contributed by atoms with Gasteiger partial charge in [-0.2, -0.15) is 10.4 Å². The van der Waals surface area contributed by atoms with Gasteiger partial charge in [-0.25, -0.2) is 4.79 Å². The van der Waals surface area contributed by atoms with Gasteiger partial charge in [0.1, 0.15) is 11.7 Å². The molecular weight excluding hydrogens is 456 g/mol. The van der Waals surface area contributed by atoms with Crippen molar-refractivity contribution in [3.05, 3.63) is 77.5 Å². The summed E-state index contributed by atoms with van der Waals surface area (Å²) >= 11 is 0. The van der Waals surface area contributed by atoms with E-state index in [9.17, 15) is 14.9 Å². The van der Waals surface area contributed by atoms with Crippen molar-refractivity contribution in [1.29, 1.82) is 5.26 Å². The lowest BCUT2D eigenvalue weighted by Gasteiger charge is -2.40. The number of amides is 2. The first-order valence-corrected chi connectivity index (χ1v) is 12.1. The number of fused-ring (bicyclic) bond motifs is 1. The molecule has 0 unspecified atom stereocenters. The van der Waals surface area contributed by atoms with E-state index in [4.69, 9.17) is 10.5 Å². The van der Waals surface area contributed by atoms with E-state index in [-0.39, 0.29) is 24.2 Å². The number of carbonyl (C=O) groups excluding carboxylic acids is 2. The first kappa shape index (κ1) is 23.4. The molecule has 2 aliphatic rings. The maximum atomic E-state index is 12.9. The Morgan fingerprint density at radius 2 is 1.72 bits per heavy atom. The standard InChI is InChI=1S/C27H28N6O3/c28-13-10-27(33-18-23(24(29)34)25(31-33)30-21-8-2-1-3-9-21)11-14-32(15-12-27)26(35)36-22-16-19-6-4-5-7-20(19)17-22/h1-9,18,22H,10-12,14-17H2,(H2,29,34)(H,30,31). The molecule has 2 amide bonds. The van der Waals surface area contributed by atoms with Crippen molar-refractivity contribution in [2.45, 2.75) is 43.7 Å². The quantitative estimate of drug-likeness (QED) is 0.549. The molecule has 36 heavy (non-hydrogen) atoms. The van der Waals surface area contributed by atoms with Crippen molar-refractivity contribution in [2.24, 2.45) is 5.73 Å². The molecule has 1 fully saturated rings. The molecular formula is C27H28N6O3. The normalized spacial score (nSPS) is 16.7. The van der Waals surface area contributed by atoms with Crippen molar-refractivity contribution in [3.63, 3.8) is 0 Å². The summed E-state index contributed by atoms with van der Waals surface area (Å²) < 4.78 is 7.50. The number of aromatic nitrogens is 2. The summed E-state index contributed by atoms with van der Waals surface area (Å²) in [6, 6.07) is 19.8. The Morgan fingerprint density at radius 3 is 2.33 bits per heavy atom. The van der Waals surface area contributed by atoms with Crippen LogP contribution in [0, 0.1) is 11.3 Å². The Morgan fingerprint density at radius 1 is 1.08 bits per heavy atom. The van der Waals surface area contributed by atoms with E-state index < -0.39 is 11.4 Å². The SMILES string of the molecule is N#CCC1(n2cc(C(N)=O)c(Nc3ccccc3)n2)CCN(C(=O)OC2Cc3ccccc3C2)CC1. The molecule has 1 aliphatic heterocycles. The molecule has 0 bridgehead atoms. The third-order valence-corrected chi connectivity index (χ3v) is 7.14. The van der Waals surface area contributed by atoms with Crippen molar-refractivity contribution < 1.29 is 14.3 Å². The molecule has 9 heteroatoms. The number of benzene rings is 2. The fraction of sp³-hybridized carbons (Fsp3) is 0.333. The van der Waals surface area contributed by atoms with Crippen LogP contribution in [0.25, 0.3) is 0 Å². The fourth-order valence-electron chi connectivity index (χ4n) is 5.11. The molecule has 2 aromatic carbocycles. The topological polar surface area (TPSA) is 126 Å². The van der Waals surface area contributed by atoms with Gasteiger partial charge in [0.25, 0.3) is 5.91 Å². The molecule has 1 aliphatic carbocycles. The molecule has 1 aromatic heterocycles. The van der Waals surface area contributed by atoms with Crippen LogP contribution in [0.3, 0.4) is 0 Å². The number of nitrogens with one attached hydrogen (secondary N) is 1. The van der Waals surface area contributed by atoms with E-state index >= 15 is 0 Å². The smallest absolute Gasteiger partial charge is 0.410 e.